The Hall–Kier alpha value is -0.835. The molecule has 0 unspecified atom stereocenters. The van der Waals surface area contributed by atoms with Crippen molar-refractivity contribution in [1.29, 1.82) is 0 Å². The maximum absolute atomic E-state index is 6.25. The van der Waals surface area contributed by atoms with Crippen LogP contribution in [0, 0.1) is 0 Å². The Morgan fingerprint density at radius 2 is 1.47 bits per heavy atom. The van der Waals surface area contributed by atoms with E-state index in [0.29, 0.717) is 0 Å². The molecular formula is C15H24BNO2. The molecule has 1 aliphatic rings. The lowest BCUT2D eigenvalue weighted by Crippen LogP contribution is -2.43. The maximum atomic E-state index is 6.25. The summed E-state index contributed by atoms with van der Waals surface area (Å²) >= 11 is 0. The SMILES string of the molecule is CC(C)(N)c1ccccc1B1OC(C)(C)C(C)(C)O1. The van der Waals surface area contributed by atoms with E-state index in [1.807, 2.05) is 38.1 Å². The fraction of sp³-hybridized carbons (Fsp3) is 0.600. The molecule has 2 rings (SSSR count). The van der Waals surface area contributed by atoms with Gasteiger partial charge in [-0.3, -0.25) is 0 Å². The third-order valence-corrected chi connectivity index (χ3v) is 4.16. The van der Waals surface area contributed by atoms with Crippen molar-refractivity contribution in [2.24, 2.45) is 5.73 Å². The molecule has 3 nitrogen and oxygen atoms in total. The molecular weight excluding hydrogens is 237 g/mol. The highest BCUT2D eigenvalue weighted by Gasteiger charge is 2.52. The Labute approximate surface area is 116 Å². The predicted octanol–water partition coefficient (Wildman–Crippen LogP) is 2.18. The summed E-state index contributed by atoms with van der Waals surface area (Å²) in [5.74, 6) is 0. The van der Waals surface area contributed by atoms with E-state index < -0.39 is 5.54 Å². The molecule has 0 spiro atoms. The molecule has 0 aliphatic carbocycles. The van der Waals surface area contributed by atoms with Crippen molar-refractivity contribution in [3.05, 3.63) is 29.8 Å². The Morgan fingerprint density at radius 3 is 1.95 bits per heavy atom. The summed E-state index contributed by atoms with van der Waals surface area (Å²) in [6.07, 6.45) is 0. The van der Waals surface area contributed by atoms with Crippen LogP contribution >= 0.6 is 0 Å². The Balaban J connectivity index is 2.41. The summed E-state index contributed by atoms with van der Waals surface area (Å²) in [4.78, 5) is 0. The minimum Gasteiger partial charge on any atom is -0.399 e. The summed E-state index contributed by atoms with van der Waals surface area (Å²) in [6.45, 7) is 12.2. The lowest BCUT2D eigenvalue weighted by atomic mass is 9.72. The van der Waals surface area contributed by atoms with Crippen molar-refractivity contribution < 1.29 is 9.31 Å². The third-order valence-electron chi connectivity index (χ3n) is 4.16. The largest absolute Gasteiger partial charge is 0.495 e. The van der Waals surface area contributed by atoms with Gasteiger partial charge in [-0.25, -0.2) is 0 Å². The zero-order chi connectivity index (χ0) is 14.5. The zero-order valence-corrected chi connectivity index (χ0v) is 12.8. The fourth-order valence-corrected chi connectivity index (χ4v) is 2.26. The van der Waals surface area contributed by atoms with Gasteiger partial charge in [0, 0.05) is 5.54 Å². The molecule has 1 aromatic carbocycles. The third kappa shape index (κ3) is 2.57. The van der Waals surface area contributed by atoms with Crippen molar-refractivity contribution in [3.63, 3.8) is 0 Å². The lowest BCUT2D eigenvalue weighted by molar-refractivity contribution is 0.00578. The molecule has 1 fully saturated rings. The van der Waals surface area contributed by atoms with E-state index in [9.17, 15) is 0 Å². The van der Waals surface area contributed by atoms with E-state index in [4.69, 9.17) is 15.0 Å². The molecule has 104 valence electrons. The van der Waals surface area contributed by atoms with E-state index in [-0.39, 0.29) is 18.3 Å². The lowest BCUT2D eigenvalue weighted by Gasteiger charge is -2.32. The second-order valence-corrected chi connectivity index (χ2v) is 6.90. The molecule has 1 aliphatic heterocycles. The van der Waals surface area contributed by atoms with Gasteiger partial charge < -0.3 is 15.0 Å². The van der Waals surface area contributed by atoms with E-state index in [1.165, 1.54) is 0 Å². The van der Waals surface area contributed by atoms with Crippen molar-refractivity contribution in [3.8, 4) is 0 Å². The molecule has 0 aromatic heterocycles. The van der Waals surface area contributed by atoms with Gasteiger partial charge in [-0.05, 0) is 52.6 Å². The average Bonchev–Trinajstić information content (AvgIpc) is 2.47. The number of rotatable bonds is 2. The van der Waals surface area contributed by atoms with Crippen LogP contribution in [0.3, 0.4) is 0 Å². The molecule has 0 saturated carbocycles. The van der Waals surface area contributed by atoms with Gasteiger partial charge in [0.25, 0.3) is 0 Å². The first-order valence-corrected chi connectivity index (χ1v) is 6.78. The molecule has 4 heteroatoms. The number of nitrogens with two attached hydrogens (primary N) is 1. The van der Waals surface area contributed by atoms with E-state index in [2.05, 4.69) is 27.7 Å². The summed E-state index contributed by atoms with van der Waals surface area (Å²) in [7, 11) is -0.357. The van der Waals surface area contributed by atoms with Crippen molar-refractivity contribution in [2.75, 3.05) is 0 Å². The smallest absolute Gasteiger partial charge is 0.399 e. The molecule has 0 amide bonds. The molecule has 1 saturated heterocycles. The van der Waals surface area contributed by atoms with Crippen LogP contribution in [0.15, 0.2) is 24.3 Å². The standard InChI is InChI=1S/C15H24BNO2/c1-13(2,17)11-9-7-8-10-12(11)16-18-14(3,4)15(5,6)19-16/h7-10H,17H2,1-6H3. The summed E-state index contributed by atoms with van der Waals surface area (Å²) in [5, 5.41) is 0. The van der Waals surface area contributed by atoms with Gasteiger partial charge in [0.05, 0.1) is 11.2 Å². The minimum absolute atomic E-state index is 0.330. The van der Waals surface area contributed by atoms with E-state index >= 15 is 0 Å². The number of hydrogen-bond donors (Lipinski definition) is 1. The van der Waals surface area contributed by atoms with Crippen LogP contribution in [0.5, 0.6) is 0 Å². The first-order chi connectivity index (χ1) is 8.55. The Kier molecular flexibility index (Phi) is 3.32. The second-order valence-electron chi connectivity index (χ2n) is 6.90. The van der Waals surface area contributed by atoms with Crippen molar-refractivity contribution in [1.82, 2.24) is 0 Å². The van der Waals surface area contributed by atoms with Gasteiger partial charge >= 0.3 is 7.12 Å². The fourth-order valence-electron chi connectivity index (χ4n) is 2.26. The molecule has 2 N–H and O–H groups in total. The topological polar surface area (TPSA) is 44.5 Å². The van der Waals surface area contributed by atoms with Crippen LogP contribution in [0.1, 0.15) is 47.1 Å². The normalized spacial score (nSPS) is 21.7. The van der Waals surface area contributed by atoms with Gasteiger partial charge in [0.1, 0.15) is 0 Å². The monoisotopic (exact) mass is 261 g/mol. The predicted molar refractivity (Wildman–Crippen MR) is 79.4 cm³/mol. The van der Waals surface area contributed by atoms with Gasteiger partial charge in [0.15, 0.2) is 0 Å². The highest BCUT2D eigenvalue weighted by Crippen LogP contribution is 2.37. The van der Waals surface area contributed by atoms with Crippen LogP contribution in [0.2, 0.25) is 0 Å². The minimum atomic E-state index is -0.416. The molecule has 0 bridgehead atoms. The molecule has 1 heterocycles. The first-order valence-electron chi connectivity index (χ1n) is 6.78. The zero-order valence-electron chi connectivity index (χ0n) is 12.8. The van der Waals surface area contributed by atoms with Crippen LogP contribution in [-0.4, -0.2) is 18.3 Å². The van der Waals surface area contributed by atoms with Crippen LogP contribution in [0.25, 0.3) is 0 Å². The van der Waals surface area contributed by atoms with Gasteiger partial charge in [-0.1, -0.05) is 24.3 Å². The molecule has 0 radical (unpaired) electrons. The summed E-state index contributed by atoms with van der Waals surface area (Å²) < 4.78 is 12.2. The van der Waals surface area contributed by atoms with Crippen LogP contribution in [0.4, 0.5) is 0 Å². The van der Waals surface area contributed by atoms with Crippen molar-refractivity contribution >= 4 is 12.6 Å². The Bertz CT molecular complexity index is 461. The Morgan fingerprint density at radius 1 is 1.00 bits per heavy atom. The molecule has 0 atom stereocenters. The molecule has 1 aromatic rings. The number of benzene rings is 1. The highest BCUT2D eigenvalue weighted by molar-refractivity contribution is 6.62. The van der Waals surface area contributed by atoms with Crippen molar-refractivity contribution in [2.45, 2.75) is 58.3 Å². The summed E-state index contributed by atoms with van der Waals surface area (Å²) in [5.41, 5.74) is 7.26. The first kappa shape index (κ1) is 14.6. The van der Waals surface area contributed by atoms with Crippen LogP contribution < -0.4 is 11.2 Å². The van der Waals surface area contributed by atoms with Gasteiger partial charge in [-0.15, -0.1) is 0 Å². The van der Waals surface area contributed by atoms with Gasteiger partial charge in [0.2, 0.25) is 0 Å². The van der Waals surface area contributed by atoms with Crippen LogP contribution in [-0.2, 0) is 14.8 Å². The summed E-state index contributed by atoms with van der Waals surface area (Å²) in [6, 6.07) is 8.07. The second kappa shape index (κ2) is 4.34. The molecule has 19 heavy (non-hydrogen) atoms. The maximum Gasteiger partial charge on any atom is 0.495 e. The number of hydrogen-bond acceptors (Lipinski definition) is 3. The highest BCUT2D eigenvalue weighted by atomic mass is 16.7. The van der Waals surface area contributed by atoms with E-state index in [1.54, 1.807) is 0 Å². The van der Waals surface area contributed by atoms with E-state index in [0.717, 1.165) is 11.0 Å². The quantitative estimate of drug-likeness (QED) is 0.830. The average molecular weight is 261 g/mol. The van der Waals surface area contributed by atoms with Gasteiger partial charge in [-0.2, -0.15) is 0 Å².